The Balaban J connectivity index is 2.20. The number of anilines is 1. The van der Waals surface area contributed by atoms with Crippen molar-refractivity contribution in [2.45, 2.75) is 0 Å². The highest BCUT2D eigenvalue weighted by atomic mass is 16.5. The van der Waals surface area contributed by atoms with Gasteiger partial charge in [-0.25, -0.2) is 4.98 Å². The third kappa shape index (κ3) is 2.20. The van der Waals surface area contributed by atoms with Gasteiger partial charge >= 0.3 is 0 Å². The zero-order chi connectivity index (χ0) is 11.4. The largest absolute Gasteiger partial charge is 0.495 e. The first-order chi connectivity index (χ1) is 7.79. The van der Waals surface area contributed by atoms with Crippen LogP contribution < -0.4 is 15.2 Å². The Morgan fingerprint density at radius 2 is 2.12 bits per heavy atom. The molecule has 1 aromatic heterocycles. The second kappa shape index (κ2) is 4.48. The summed E-state index contributed by atoms with van der Waals surface area (Å²) in [5, 5.41) is 0. The van der Waals surface area contributed by atoms with Crippen LogP contribution in [0, 0.1) is 0 Å². The molecule has 5 nitrogen and oxygen atoms in total. The highest BCUT2D eigenvalue weighted by molar-refractivity contribution is 5.56. The van der Waals surface area contributed by atoms with E-state index in [1.54, 1.807) is 37.7 Å². The molecule has 0 aliphatic heterocycles. The zero-order valence-electron chi connectivity index (χ0n) is 8.75. The van der Waals surface area contributed by atoms with E-state index in [-0.39, 0.29) is 0 Å². The molecule has 0 spiro atoms. The summed E-state index contributed by atoms with van der Waals surface area (Å²) in [6.07, 6.45) is 4.66. The second-order valence-electron chi connectivity index (χ2n) is 3.05. The minimum absolute atomic E-state index is 0.423. The maximum atomic E-state index is 5.74. The zero-order valence-corrected chi connectivity index (χ0v) is 8.75. The first-order valence-corrected chi connectivity index (χ1v) is 4.67. The molecule has 2 N–H and O–H groups in total. The van der Waals surface area contributed by atoms with Crippen LogP contribution in [0.5, 0.6) is 17.4 Å². The van der Waals surface area contributed by atoms with Crippen LogP contribution in [0.4, 0.5) is 5.69 Å². The molecule has 0 saturated carbocycles. The molecule has 0 radical (unpaired) electrons. The van der Waals surface area contributed by atoms with Gasteiger partial charge < -0.3 is 15.2 Å². The standard InChI is InChI=1S/C11H11N3O2/c1-15-10-3-2-8(6-9(10)12)16-11-7-13-4-5-14-11/h2-7H,12H2,1H3. The van der Waals surface area contributed by atoms with Gasteiger partial charge in [0.05, 0.1) is 19.0 Å². The summed E-state index contributed by atoms with van der Waals surface area (Å²) in [6, 6.07) is 5.17. The summed E-state index contributed by atoms with van der Waals surface area (Å²) in [5.41, 5.74) is 6.26. The van der Waals surface area contributed by atoms with Crippen LogP contribution in [0.2, 0.25) is 0 Å². The molecule has 1 heterocycles. The molecule has 1 aromatic carbocycles. The molecule has 0 amide bonds. The van der Waals surface area contributed by atoms with Crippen LogP contribution >= 0.6 is 0 Å². The molecular weight excluding hydrogens is 206 g/mol. The Bertz CT molecular complexity index is 474. The van der Waals surface area contributed by atoms with E-state index in [0.29, 0.717) is 23.1 Å². The Labute approximate surface area is 92.9 Å². The Morgan fingerprint density at radius 1 is 1.25 bits per heavy atom. The second-order valence-corrected chi connectivity index (χ2v) is 3.05. The number of methoxy groups -OCH3 is 1. The van der Waals surface area contributed by atoms with Gasteiger partial charge in [0.1, 0.15) is 11.5 Å². The molecule has 0 aliphatic rings. The fourth-order valence-corrected chi connectivity index (χ4v) is 1.23. The van der Waals surface area contributed by atoms with E-state index < -0.39 is 0 Å². The predicted molar refractivity (Wildman–Crippen MR) is 59.5 cm³/mol. The SMILES string of the molecule is COc1ccc(Oc2cnccn2)cc1N. The van der Waals surface area contributed by atoms with Gasteiger partial charge in [0.2, 0.25) is 5.88 Å². The molecular formula is C11H11N3O2. The molecule has 16 heavy (non-hydrogen) atoms. The van der Waals surface area contributed by atoms with E-state index in [2.05, 4.69) is 9.97 Å². The fraction of sp³-hybridized carbons (Fsp3) is 0.0909. The van der Waals surface area contributed by atoms with E-state index >= 15 is 0 Å². The number of nitrogens with two attached hydrogens (primary N) is 1. The van der Waals surface area contributed by atoms with Gasteiger partial charge in [0.15, 0.2) is 0 Å². The van der Waals surface area contributed by atoms with Crippen molar-refractivity contribution in [2.75, 3.05) is 12.8 Å². The smallest absolute Gasteiger partial charge is 0.237 e. The first-order valence-electron chi connectivity index (χ1n) is 4.67. The Hall–Kier alpha value is -2.30. The summed E-state index contributed by atoms with van der Waals surface area (Å²) in [5.74, 6) is 1.64. The van der Waals surface area contributed by atoms with Crippen molar-refractivity contribution in [1.29, 1.82) is 0 Å². The summed E-state index contributed by atoms with van der Waals surface area (Å²) in [4.78, 5) is 7.88. The van der Waals surface area contributed by atoms with Crippen molar-refractivity contribution in [2.24, 2.45) is 0 Å². The monoisotopic (exact) mass is 217 g/mol. The summed E-state index contributed by atoms with van der Waals surface area (Å²) < 4.78 is 10.5. The van der Waals surface area contributed by atoms with E-state index in [4.69, 9.17) is 15.2 Å². The lowest BCUT2D eigenvalue weighted by atomic mass is 10.3. The molecule has 0 fully saturated rings. The van der Waals surface area contributed by atoms with Gasteiger partial charge in [0.25, 0.3) is 0 Å². The molecule has 82 valence electrons. The summed E-state index contributed by atoms with van der Waals surface area (Å²) in [6.45, 7) is 0. The average Bonchev–Trinajstić information content (AvgIpc) is 2.31. The lowest BCUT2D eigenvalue weighted by Crippen LogP contribution is -1.94. The number of hydrogen-bond donors (Lipinski definition) is 1. The normalized spacial score (nSPS) is 9.81. The number of rotatable bonds is 3. The van der Waals surface area contributed by atoms with Gasteiger partial charge in [-0.3, -0.25) is 4.98 Å². The van der Waals surface area contributed by atoms with Crippen LogP contribution in [0.3, 0.4) is 0 Å². The third-order valence-corrected chi connectivity index (χ3v) is 1.96. The van der Waals surface area contributed by atoms with Crippen molar-refractivity contribution in [3.8, 4) is 17.4 Å². The molecule has 2 aromatic rings. The lowest BCUT2D eigenvalue weighted by molar-refractivity contribution is 0.414. The van der Waals surface area contributed by atoms with Gasteiger partial charge in [-0.15, -0.1) is 0 Å². The Morgan fingerprint density at radius 3 is 2.75 bits per heavy atom. The fourth-order valence-electron chi connectivity index (χ4n) is 1.23. The minimum atomic E-state index is 0.423. The number of aromatic nitrogens is 2. The van der Waals surface area contributed by atoms with Crippen LogP contribution in [0.1, 0.15) is 0 Å². The van der Waals surface area contributed by atoms with Crippen LogP contribution in [0.25, 0.3) is 0 Å². The van der Waals surface area contributed by atoms with Gasteiger partial charge in [-0.2, -0.15) is 0 Å². The molecule has 0 atom stereocenters. The molecule has 0 unspecified atom stereocenters. The molecule has 0 saturated heterocycles. The quantitative estimate of drug-likeness (QED) is 0.794. The van der Waals surface area contributed by atoms with E-state index in [9.17, 15) is 0 Å². The van der Waals surface area contributed by atoms with Gasteiger partial charge in [-0.1, -0.05) is 0 Å². The first kappa shape index (κ1) is 10.2. The predicted octanol–water partition coefficient (Wildman–Crippen LogP) is 1.86. The third-order valence-electron chi connectivity index (χ3n) is 1.96. The molecule has 0 bridgehead atoms. The number of nitrogens with zero attached hydrogens (tertiary/aromatic N) is 2. The maximum absolute atomic E-state index is 5.74. The van der Waals surface area contributed by atoms with E-state index in [1.165, 1.54) is 6.20 Å². The van der Waals surface area contributed by atoms with E-state index in [0.717, 1.165) is 0 Å². The maximum Gasteiger partial charge on any atom is 0.237 e. The summed E-state index contributed by atoms with van der Waals surface area (Å²) in [7, 11) is 1.56. The molecule has 0 aliphatic carbocycles. The van der Waals surface area contributed by atoms with E-state index in [1.807, 2.05) is 0 Å². The number of benzene rings is 1. The lowest BCUT2D eigenvalue weighted by Gasteiger charge is -2.07. The van der Waals surface area contributed by atoms with Gasteiger partial charge in [0, 0.05) is 18.5 Å². The van der Waals surface area contributed by atoms with Crippen molar-refractivity contribution in [1.82, 2.24) is 9.97 Å². The number of nitrogen functional groups attached to an aromatic ring is 1. The van der Waals surface area contributed by atoms with Crippen LogP contribution in [-0.2, 0) is 0 Å². The van der Waals surface area contributed by atoms with Crippen LogP contribution in [0.15, 0.2) is 36.8 Å². The van der Waals surface area contributed by atoms with Gasteiger partial charge in [-0.05, 0) is 12.1 Å². The number of hydrogen-bond acceptors (Lipinski definition) is 5. The van der Waals surface area contributed by atoms with Crippen LogP contribution in [-0.4, -0.2) is 17.1 Å². The average molecular weight is 217 g/mol. The Kier molecular flexibility index (Phi) is 2.86. The van der Waals surface area contributed by atoms with Crippen molar-refractivity contribution < 1.29 is 9.47 Å². The molecule has 5 heteroatoms. The highest BCUT2D eigenvalue weighted by Crippen LogP contribution is 2.28. The van der Waals surface area contributed by atoms with Crippen molar-refractivity contribution in [3.05, 3.63) is 36.8 Å². The topological polar surface area (TPSA) is 70.3 Å². The number of ether oxygens (including phenoxy) is 2. The van der Waals surface area contributed by atoms with Crippen molar-refractivity contribution >= 4 is 5.69 Å². The van der Waals surface area contributed by atoms with Crippen molar-refractivity contribution in [3.63, 3.8) is 0 Å². The minimum Gasteiger partial charge on any atom is -0.495 e. The summed E-state index contributed by atoms with van der Waals surface area (Å²) >= 11 is 0. The highest BCUT2D eigenvalue weighted by Gasteiger charge is 2.03. The molecule has 2 rings (SSSR count).